The van der Waals surface area contributed by atoms with Gasteiger partial charge in [0.15, 0.2) is 0 Å². The summed E-state index contributed by atoms with van der Waals surface area (Å²) in [6, 6.07) is 4.28. The van der Waals surface area contributed by atoms with Gasteiger partial charge in [0.1, 0.15) is 11.9 Å². The van der Waals surface area contributed by atoms with Gasteiger partial charge in [0.05, 0.1) is 0 Å². The Bertz CT molecular complexity index is 550. The van der Waals surface area contributed by atoms with Crippen molar-refractivity contribution in [1.29, 1.82) is 0 Å². The lowest BCUT2D eigenvalue weighted by atomic mass is 10.1. The van der Waals surface area contributed by atoms with Crippen LogP contribution < -0.4 is 5.32 Å². The topological polar surface area (TPSA) is 49.4 Å². The molecule has 1 heterocycles. The number of nitrogens with zero attached hydrogens (tertiary/aromatic N) is 1. The zero-order valence-corrected chi connectivity index (χ0v) is 13.5. The first-order valence-corrected chi connectivity index (χ1v) is 7.82. The highest BCUT2D eigenvalue weighted by molar-refractivity contribution is 9.10. The smallest absolute Gasteiger partial charge is 0.245 e. The molecule has 2 amide bonds. The van der Waals surface area contributed by atoms with Crippen LogP contribution in [-0.4, -0.2) is 29.3 Å². The van der Waals surface area contributed by atoms with E-state index in [1.54, 1.807) is 17.0 Å². The van der Waals surface area contributed by atoms with Crippen LogP contribution in [0.4, 0.5) is 4.39 Å². The van der Waals surface area contributed by atoms with Crippen molar-refractivity contribution < 1.29 is 14.0 Å². The third kappa shape index (κ3) is 4.03. The average Bonchev–Trinajstić information content (AvgIpc) is 2.56. The summed E-state index contributed by atoms with van der Waals surface area (Å²) in [7, 11) is 0. The van der Waals surface area contributed by atoms with Crippen LogP contribution in [0, 0.1) is 5.82 Å². The second kappa shape index (κ2) is 7.02. The highest BCUT2D eigenvalue weighted by Crippen LogP contribution is 2.18. The Balaban J connectivity index is 2.16. The normalized spacial score (nSPS) is 19.4. The summed E-state index contributed by atoms with van der Waals surface area (Å²) in [5.74, 6) is -0.613. The molecule has 1 fully saturated rings. The molecule has 0 saturated carbocycles. The molecule has 114 valence electrons. The molecule has 0 aliphatic carbocycles. The maximum Gasteiger partial charge on any atom is 0.245 e. The van der Waals surface area contributed by atoms with Crippen LogP contribution in [-0.2, 0) is 16.1 Å². The number of halogens is 2. The largest absolute Gasteiger partial charge is 0.344 e. The number of benzene rings is 1. The van der Waals surface area contributed by atoms with Crippen molar-refractivity contribution in [2.24, 2.45) is 0 Å². The van der Waals surface area contributed by atoms with Crippen LogP contribution in [0.5, 0.6) is 0 Å². The van der Waals surface area contributed by atoms with Crippen LogP contribution in [0.15, 0.2) is 22.7 Å². The first-order chi connectivity index (χ1) is 10.0. The van der Waals surface area contributed by atoms with Gasteiger partial charge < -0.3 is 10.2 Å². The summed E-state index contributed by atoms with van der Waals surface area (Å²) in [5, 5.41) is 2.74. The lowest BCUT2D eigenvalue weighted by Gasteiger charge is -2.24. The molecule has 1 atom stereocenters. The van der Waals surface area contributed by atoms with Gasteiger partial charge in [-0.15, -0.1) is 0 Å². The van der Waals surface area contributed by atoms with E-state index in [9.17, 15) is 14.0 Å². The maximum atomic E-state index is 13.9. The van der Waals surface area contributed by atoms with Crippen molar-refractivity contribution in [3.05, 3.63) is 34.1 Å². The van der Waals surface area contributed by atoms with Gasteiger partial charge in [-0.1, -0.05) is 35.3 Å². The highest BCUT2D eigenvalue weighted by atomic mass is 79.9. The predicted octanol–water partition coefficient (Wildman–Crippen LogP) is 2.61. The van der Waals surface area contributed by atoms with Crippen molar-refractivity contribution in [1.82, 2.24) is 10.2 Å². The second-order valence-corrected chi connectivity index (χ2v) is 6.07. The number of carbonyl (C=O) groups excluding carboxylic acids is 2. The molecule has 0 aromatic heterocycles. The van der Waals surface area contributed by atoms with E-state index in [4.69, 9.17) is 0 Å². The number of hydrogen-bond donors (Lipinski definition) is 1. The molecule has 0 radical (unpaired) electrons. The first kappa shape index (κ1) is 15.9. The fraction of sp³-hybridized carbons (Fsp3) is 0.467. The van der Waals surface area contributed by atoms with E-state index < -0.39 is 6.04 Å². The van der Waals surface area contributed by atoms with E-state index in [0.29, 0.717) is 23.0 Å². The number of amides is 2. The Morgan fingerprint density at radius 2 is 2.19 bits per heavy atom. The molecular weight excluding hydrogens is 339 g/mol. The number of carbonyl (C=O) groups is 2. The molecule has 1 N–H and O–H groups in total. The van der Waals surface area contributed by atoms with Gasteiger partial charge in [0, 0.05) is 29.5 Å². The molecule has 1 aliphatic heterocycles. The molecule has 1 unspecified atom stereocenters. The van der Waals surface area contributed by atoms with Gasteiger partial charge >= 0.3 is 0 Å². The van der Waals surface area contributed by atoms with Crippen molar-refractivity contribution in [3.8, 4) is 0 Å². The van der Waals surface area contributed by atoms with Crippen LogP contribution in [0.3, 0.4) is 0 Å². The summed E-state index contributed by atoms with van der Waals surface area (Å²) >= 11 is 3.21. The molecule has 0 spiro atoms. The molecule has 21 heavy (non-hydrogen) atoms. The second-order valence-electron chi connectivity index (χ2n) is 5.15. The summed E-state index contributed by atoms with van der Waals surface area (Å²) in [6.45, 7) is 2.47. The van der Waals surface area contributed by atoms with Gasteiger partial charge in [0.25, 0.3) is 0 Å². The van der Waals surface area contributed by atoms with Gasteiger partial charge in [-0.05, 0) is 18.6 Å². The van der Waals surface area contributed by atoms with Crippen LogP contribution in [0.1, 0.15) is 31.7 Å². The van der Waals surface area contributed by atoms with Crippen molar-refractivity contribution in [3.63, 3.8) is 0 Å². The monoisotopic (exact) mass is 356 g/mol. The third-order valence-corrected chi connectivity index (χ3v) is 4.00. The zero-order chi connectivity index (χ0) is 15.4. The van der Waals surface area contributed by atoms with Crippen molar-refractivity contribution in [2.45, 2.75) is 38.8 Å². The van der Waals surface area contributed by atoms with Crippen LogP contribution in [0.25, 0.3) is 0 Å². The lowest BCUT2D eigenvalue weighted by molar-refractivity contribution is -0.134. The SMILES string of the molecule is CCCC1NC(=O)CCN(Cc2ccc(Br)cc2F)C1=O. The Morgan fingerprint density at radius 1 is 1.43 bits per heavy atom. The molecule has 1 aliphatic rings. The predicted molar refractivity (Wildman–Crippen MR) is 81.0 cm³/mol. The fourth-order valence-corrected chi connectivity index (χ4v) is 2.73. The standard InChI is InChI=1S/C15H18BrFN2O2/c1-2-3-13-15(21)19(7-6-14(20)18-13)9-10-4-5-11(16)8-12(10)17/h4-5,8,13H,2-3,6-7,9H2,1H3,(H,18,20). The molecule has 2 rings (SSSR count). The molecule has 1 aromatic rings. The summed E-state index contributed by atoms with van der Waals surface area (Å²) in [5.41, 5.74) is 0.455. The van der Waals surface area contributed by atoms with Gasteiger partial charge in [0.2, 0.25) is 11.8 Å². The van der Waals surface area contributed by atoms with Gasteiger partial charge in [-0.2, -0.15) is 0 Å². The van der Waals surface area contributed by atoms with E-state index in [0.717, 1.165) is 6.42 Å². The van der Waals surface area contributed by atoms with Gasteiger partial charge in [-0.25, -0.2) is 4.39 Å². The molecule has 4 nitrogen and oxygen atoms in total. The van der Waals surface area contributed by atoms with Crippen molar-refractivity contribution in [2.75, 3.05) is 6.54 Å². The Morgan fingerprint density at radius 3 is 2.86 bits per heavy atom. The quantitative estimate of drug-likeness (QED) is 0.901. The van der Waals surface area contributed by atoms with E-state index in [1.807, 2.05) is 6.92 Å². The van der Waals surface area contributed by atoms with Crippen molar-refractivity contribution >= 4 is 27.7 Å². The fourth-order valence-electron chi connectivity index (χ4n) is 2.39. The Hall–Kier alpha value is -1.43. The van der Waals surface area contributed by atoms with Gasteiger partial charge in [-0.3, -0.25) is 9.59 Å². The number of nitrogens with one attached hydrogen (secondary N) is 1. The minimum Gasteiger partial charge on any atom is -0.344 e. The minimum absolute atomic E-state index is 0.124. The third-order valence-electron chi connectivity index (χ3n) is 3.51. The average molecular weight is 357 g/mol. The van der Waals surface area contributed by atoms with E-state index >= 15 is 0 Å². The molecule has 6 heteroatoms. The Labute approximate surface area is 131 Å². The number of rotatable bonds is 4. The summed E-state index contributed by atoms with van der Waals surface area (Å²) in [4.78, 5) is 25.7. The molecule has 1 saturated heterocycles. The highest BCUT2D eigenvalue weighted by Gasteiger charge is 2.29. The minimum atomic E-state index is -0.497. The molecule has 0 bridgehead atoms. The van der Waals surface area contributed by atoms with Crippen LogP contribution >= 0.6 is 15.9 Å². The first-order valence-electron chi connectivity index (χ1n) is 7.03. The van der Waals surface area contributed by atoms with E-state index in [-0.39, 0.29) is 30.6 Å². The summed E-state index contributed by atoms with van der Waals surface area (Å²) in [6.07, 6.45) is 1.66. The number of hydrogen-bond acceptors (Lipinski definition) is 2. The molecule has 1 aromatic carbocycles. The van der Waals surface area contributed by atoms with E-state index in [2.05, 4.69) is 21.2 Å². The van der Waals surface area contributed by atoms with Crippen LogP contribution in [0.2, 0.25) is 0 Å². The Kier molecular flexibility index (Phi) is 5.33. The maximum absolute atomic E-state index is 13.9. The summed E-state index contributed by atoms with van der Waals surface area (Å²) < 4.78 is 14.6. The molecular formula is C15H18BrFN2O2. The lowest BCUT2D eigenvalue weighted by Crippen LogP contribution is -2.44. The zero-order valence-electron chi connectivity index (χ0n) is 11.9. The van der Waals surface area contributed by atoms with E-state index in [1.165, 1.54) is 6.07 Å².